The molecule has 3 rings (SSSR count). The minimum absolute atomic E-state index is 0.210. The van der Waals surface area contributed by atoms with E-state index in [1.165, 1.54) is 40.8 Å². The van der Waals surface area contributed by atoms with Crippen molar-refractivity contribution in [2.45, 2.75) is 39.2 Å². The number of aryl methyl sites for hydroxylation is 1. The zero-order valence-electron chi connectivity index (χ0n) is 11.4. The van der Waals surface area contributed by atoms with Crippen LogP contribution in [-0.2, 0) is 12.8 Å². The summed E-state index contributed by atoms with van der Waals surface area (Å²) in [5, 5.41) is 0.960. The monoisotopic (exact) mass is 273 g/mol. The number of nitrogen functional groups attached to an aromatic ring is 1. The summed E-state index contributed by atoms with van der Waals surface area (Å²) >= 11 is 1.76. The van der Waals surface area contributed by atoms with Crippen molar-refractivity contribution in [3.8, 4) is 16.9 Å². The first-order valence-electron chi connectivity index (χ1n) is 6.82. The van der Waals surface area contributed by atoms with Gasteiger partial charge in [-0.1, -0.05) is 12.1 Å². The second-order valence-electron chi connectivity index (χ2n) is 5.29. The van der Waals surface area contributed by atoms with Crippen LogP contribution in [0, 0.1) is 0 Å². The standard InChI is InChI=1S/C16H19NOS/c1-10(2)18-12-8-6-11(7-9-12)15-13-4-3-5-14(13)19-16(15)17/h6-10H,3-5,17H2,1-2H3. The van der Waals surface area contributed by atoms with Crippen LogP contribution in [0.4, 0.5) is 5.00 Å². The van der Waals surface area contributed by atoms with E-state index in [4.69, 9.17) is 10.5 Å². The molecule has 2 aromatic rings. The minimum atomic E-state index is 0.210. The van der Waals surface area contributed by atoms with E-state index >= 15 is 0 Å². The van der Waals surface area contributed by atoms with Crippen LogP contribution in [0.2, 0.25) is 0 Å². The van der Waals surface area contributed by atoms with Crippen LogP contribution in [0.15, 0.2) is 24.3 Å². The second kappa shape index (κ2) is 4.89. The summed E-state index contributed by atoms with van der Waals surface area (Å²) in [5.41, 5.74) is 10.1. The van der Waals surface area contributed by atoms with Gasteiger partial charge in [-0.05, 0) is 56.4 Å². The summed E-state index contributed by atoms with van der Waals surface area (Å²) in [6.07, 6.45) is 3.84. The van der Waals surface area contributed by atoms with Crippen molar-refractivity contribution in [2.24, 2.45) is 0 Å². The predicted octanol–water partition coefficient (Wildman–Crippen LogP) is 4.27. The molecule has 0 aliphatic heterocycles. The Labute approximate surface area is 118 Å². The third-order valence-electron chi connectivity index (χ3n) is 3.46. The molecule has 3 heteroatoms. The number of rotatable bonds is 3. The highest BCUT2D eigenvalue weighted by Gasteiger charge is 2.21. The number of ether oxygens (including phenoxy) is 1. The lowest BCUT2D eigenvalue weighted by Crippen LogP contribution is -2.05. The van der Waals surface area contributed by atoms with Gasteiger partial charge in [0.15, 0.2) is 0 Å². The van der Waals surface area contributed by atoms with Crippen LogP contribution >= 0.6 is 11.3 Å². The van der Waals surface area contributed by atoms with Gasteiger partial charge in [0.1, 0.15) is 5.75 Å². The van der Waals surface area contributed by atoms with Gasteiger partial charge in [0, 0.05) is 10.4 Å². The molecule has 1 heterocycles. The van der Waals surface area contributed by atoms with E-state index in [1.54, 1.807) is 11.3 Å². The molecule has 2 N–H and O–H groups in total. The largest absolute Gasteiger partial charge is 0.491 e. The van der Waals surface area contributed by atoms with Gasteiger partial charge in [-0.15, -0.1) is 11.3 Å². The fraction of sp³-hybridized carbons (Fsp3) is 0.375. The Hall–Kier alpha value is -1.48. The Morgan fingerprint density at radius 2 is 1.89 bits per heavy atom. The molecule has 2 nitrogen and oxygen atoms in total. The lowest BCUT2D eigenvalue weighted by Gasteiger charge is -2.10. The fourth-order valence-corrected chi connectivity index (χ4v) is 3.90. The summed E-state index contributed by atoms with van der Waals surface area (Å²) in [6, 6.07) is 8.31. The van der Waals surface area contributed by atoms with Crippen LogP contribution in [0.5, 0.6) is 5.75 Å². The molecule has 1 aliphatic rings. The van der Waals surface area contributed by atoms with Gasteiger partial charge in [0.2, 0.25) is 0 Å². The molecule has 19 heavy (non-hydrogen) atoms. The maximum atomic E-state index is 6.19. The fourth-order valence-electron chi connectivity index (χ4n) is 2.71. The Kier molecular flexibility index (Phi) is 3.23. The molecule has 100 valence electrons. The van der Waals surface area contributed by atoms with Crippen molar-refractivity contribution in [1.29, 1.82) is 0 Å². The van der Waals surface area contributed by atoms with E-state index in [0.29, 0.717) is 0 Å². The van der Waals surface area contributed by atoms with Crippen molar-refractivity contribution in [3.63, 3.8) is 0 Å². The van der Waals surface area contributed by atoms with E-state index < -0.39 is 0 Å². The number of anilines is 1. The molecule has 0 radical (unpaired) electrons. The summed E-state index contributed by atoms with van der Waals surface area (Å²) in [4.78, 5) is 1.48. The van der Waals surface area contributed by atoms with Gasteiger partial charge in [-0.25, -0.2) is 0 Å². The third-order valence-corrected chi connectivity index (χ3v) is 4.58. The van der Waals surface area contributed by atoms with Crippen LogP contribution in [-0.4, -0.2) is 6.10 Å². The molecule has 0 saturated carbocycles. The number of hydrogen-bond acceptors (Lipinski definition) is 3. The highest BCUT2D eigenvalue weighted by molar-refractivity contribution is 7.16. The second-order valence-corrected chi connectivity index (χ2v) is 6.42. The van der Waals surface area contributed by atoms with Crippen molar-refractivity contribution in [1.82, 2.24) is 0 Å². The highest BCUT2D eigenvalue weighted by Crippen LogP contribution is 2.43. The summed E-state index contributed by atoms with van der Waals surface area (Å²) in [7, 11) is 0. The van der Waals surface area contributed by atoms with E-state index in [9.17, 15) is 0 Å². The van der Waals surface area contributed by atoms with Crippen LogP contribution in [0.1, 0.15) is 30.7 Å². The van der Waals surface area contributed by atoms with Crippen LogP contribution in [0.25, 0.3) is 11.1 Å². The zero-order valence-corrected chi connectivity index (χ0v) is 12.2. The van der Waals surface area contributed by atoms with Gasteiger partial charge >= 0.3 is 0 Å². The first kappa shape index (κ1) is 12.5. The Morgan fingerprint density at radius 1 is 1.16 bits per heavy atom. The quantitative estimate of drug-likeness (QED) is 0.906. The smallest absolute Gasteiger partial charge is 0.119 e. The Bertz CT molecular complexity index is 584. The number of nitrogens with two attached hydrogens (primary N) is 1. The van der Waals surface area contributed by atoms with Gasteiger partial charge in [-0.2, -0.15) is 0 Å². The lowest BCUT2D eigenvalue weighted by atomic mass is 10.0. The topological polar surface area (TPSA) is 35.2 Å². The van der Waals surface area contributed by atoms with E-state index in [2.05, 4.69) is 12.1 Å². The SMILES string of the molecule is CC(C)Oc1ccc(-c2c(N)sc3c2CCC3)cc1. The first-order chi connectivity index (χ1) is 9.15. The number of fused-ring (bicyclic) bond motifs is 1. The molecule has 0 bridgehead atoms. The molecule has 0 fully saturated rings. The third kappa shape index (κ3) is 2.35. The number of hydrogen-bond donors (Lipinski definition) is 1. The number of thiophene rings is 1. The van der Waals surface area contributed by atoms with Crippen molar-refractivity contribution in [3.05, 3.63) is 34.7 Å². The molecule has 0 atom stereocenters. The Balaban J connectivity index is 1.94. The molecule has 0 unspecified atom stereocenters. The van der Waals surface area contributed by atoms with Crippen molar-refractivity contribution < 1.29 is 4.74 Å². The maximum absolute atomic E-state index is 6.19. The molecule has 0 spiro atoms. The van der Waals surface area contributed by atoms with Crippen molar-refractivity contribution >= 4 is 16.3 Å². The Morgan fingerprint density at radius 3 is 2.58 bits per heavy atom. The molecule has 1 aliphatic carbocycles. The van der Waals surface area contributed by atoms with Gasteiger partial charge in [-0.3, -0.25) is 0 Å². The maximum Gasteiger partial charge on any atom is 0.119 e. The van der Waals surface area contributed by atoms with E-state index in [0.717, 1.165) is 10.8 Å². The predicted molar refractivity (Wildman–Crippen MR) is 82.0 cm³/mol. The molecular formula is C16H19NOS. The summed E-state index contributed by atoms with van der Waals surface area (Å²) < 4.78 is 5.68. The molecular weight excluding hydrogens is 254 g/mol. The van der Waals surface area contributed by atoms with E-state index in [1.807, 2.05) is 26.0 Å². The van der Waals surface area contributed by atoms with Gasteiger partial charge in [0.05, 0.1) is 11.1 Å². The van der Waals surface area contributed by atoms with Crippen LogP contribution in [0.3, 0.4) is 0 Å². The van der Waals surface area contributed by atoms with E-state index in [-0.39, 0.29) is 6.10 Å². The number of benzene rings is 1. The molecule has 1 aromatic heterocycles. The normalized spacial score (nSPS) is 13.8. The molecule has 0 saturated heterocycles. The highest BCUT2D eigenvalue weighted by atomic mass is 32.1. The average molecular weight is 273 g/mol. The lowest BCUT2D eigenvalue weighted by molar-refractivity contribution is 0.242. The molecule has 1 aromatic carbocycles. The van der Waals surface area contributed by atoms with Gasteiger partial charge < -0.3 is 10.5 Å². The zero-order chi connectivity index (χ0) is 13.4. The molecule has 0 amide bonds. The summed E-state index contributed by atoms with van der Waals surface area (Å²) in [5.74, 6) is 0.921. The van der Waals surface area contributed by atoms with Gasteiger partial charge in [0.25, 0.3) is 0 Å². The summed E-state index contributed by atoms with van der Waals surface area (Å²) in [6.45, 7) is 4.08. The minimum Gasteiger partial charge on any atom is -0.491 e. The first-order valence-corrected chi connectivity index (χ1v) is 7.64. The average Bonchev–Trinajstić information content (AvgIpc) is 2.89. The van der Waals surface area contributed by atoms with Crippen molar-refractivity contribution in [2.75, 3.05) is 5.73 Å². The van der Waals surface area contributed by atoms with Crippen LogP contribution < -0.4 is 10.5 Å².